The quantitative estimate of drug-likeness (QED) is 0.222. The van der Waals surface area contributed by atoms with Crippen LogP contribution in [0.2, 0.25) is 0 Å². The van der Waals surface area contributed by atoms with Gasteiger partial charge in [0.25, 0.3) is 0 Å². The lowest BCUT2D eigenvalue weighted by molar-refractivity contribution is 0.183. The molecule has 0 radical (unpaired) electrons. The van der Waals surface area contributed by atoms with E-state index in [1.54, 1.807) is 12.1 Å². The highest BCUT2D eigenvalue weighted by Crippen LogP contribution is 2.38. The molecule has 200 valence electrons. The van der Waals surface area contributed by atoms with E-state index in [4.69, 9.17) is 4.74 Å². The standard InChI is InChI=1S/C32H35NO3S.ClH/c1-24-23-27(36-22-21-33-19-6-3-7-20-33)15-18-29(24)32(26-13-16-28(17-14-26)37(2,34)35)31-12-8-10-25-9-4-5-11-30(25)31;/h4-5,8-18,23,32H,3,6-7,19-22H2,1-2H3;1H. The van der Waals surface area contributed by atoms with E-state index < -0.39 is 9.84 Å². The summed E-state index contributed by atoms with van der Waals surface area (Å²) < 4.78 is 30.3. The van der Waals surface area contributed by atoms with E-state index >= 15 is 0 Å². The molecule has 1 unspecified atom stereocenters. The van der Waals surface area contributed by atoms with Crippen LogP contribution in [0.15, 0.2) is 89.8 Å². The normalized spacial score (nSPS) is 15.1. The second-order valence-corrected chi connectivity index (χ2v) is 12.1. The summed E-state index contributed by atoms with van der Waals surface area (Å²) in [7, 11) is -3.26. The fraction of sp³-hybridized carbons (Fsp3) is 0.312. The largest absolute Gasteiger partial charge is 0.492 e. The molecule has 4 nitrogen and oxygen atoms in total. The maximum atomic E-state index is 12.1. The number of hydrogen-bond acceptors (Lipinski definition) is 4. The van der Waals surface area contributed by atoms with Gasteiger partial charge in [-0.3, -0.25) is 4.90 Å². The molecular weight excluding hydrogens is 514 g/mol. The Bertz CT molecular complexity index is 1470. The lowest BCUT2D eigenvalue weighted by atomic mass is 9.81. The van der Waals surface area contributed by atoms with E-state index in [1.807, 2.05) is 12.1 Å². The number of aryl methyl sites for hydroxylation is 1. The number of benzene rings is 4. The van der Waals surface area contributed by atoms with E-state index in [0.717, 1.165) is 23.4 Å². The predicted molar refractivity (Wildman–Crippen MR) is 159 cm³/mol. The minimum Gasteiger partial charge on any atom is -0.492 e. The third-order valence-electron chi connectivity index (χ3n) is 7.45. The molecule has 1 fully saturated rings. The first-order chi connectivity index (χ1) is 17.9. The molecule has 6 heteroatoms. The fourth-order valence-electron chi connectivity index (χ4n) is 5.47. The van der Waals surface area contributed by atoms with Crippen LogP contribution >= 0.6 is 12.4 Å². The Kier molecular flexibility index (Phi) is 9.14. The summed E-state index contributed by atoms with van der Waals surface area (Å²) >= 11 is 0. The average Bonchev–Trinajstić information content (AvgIpc) is 2.90. The van der Waals surface area contributed by atoms with Crippen molar-refractivity contribution in [1.82, 2.24) is 4.90 Å². The molecule has 1 aliphatic heterocycles. The Morgan fingerprint density at radius 3 is 2.26 bits per heavy atom. The highest BCUT2D eigenvalue weighted by molar-refractivity contribution is 7.90. The number of piperidine rings is 1. The zero-order valence-electron chi connectivity index (χ0n) is 22.1. The topological polar surface area (TPSA) is 46.6 Å². The monoisotopic (exact) mass is 549 g/mol. The Balaban J connectivity index is 0.00000336. The van der Waals surface area contributed by atoms with Crippen molar-refractivity contribution in [1.29, 1.82) is 0 Å². The second kappa shape index (κ2) is 12.3. The van der Waals surface area contributed by atoms with Crippen molar-refractivity contribution in [3.63, 3.8) is 0 Å². The molecule has 4 aromatic carbocycles. The van der Waals surface area contributed by atoms with E-state index in [0.29, 0.717) is 11.5 Å². The van der Waals surface area contributed by atoms with Crippen LogP contribution in [0, 0.1) is 6.92 Å². The third kappa shape index (κ3) is 6.40. The Morgan fingerprint density at radius 2 is 1.55 bits per heavy atom. The van der Waals surface area contributed by atoms with Gasteiger partial charge in [0.1, 0.15) is 12.4 Å². The number of nitrogens with zero attached hydrogens (tertiary/aromatic N) is 1. The van der Waals surface area contributed by atoms with Crippen LogP contribution in [-0.2, 0) is 9.84 Å². The second-order valence-electron chi connectivity index (χ2n) is 10.1. The zero-order chi connectivity index (χ0) is 25.8. The van der Waals surface area contributed by atoms with Crippen molar-refractivity contribution in [2.24, 2.45) is 0 Å². The maximum Gasteiger partial charge on any atom is 0.175 e. The maximum absolute atomic E-state index is 12.1. The van der Waals surface area contributed by atoms with Gasteiger partial charge in [0.15, 0.2) is 9.84 Å². The molecule has 5 rings (SSSR count). The molecule has 0 aliphatic carbocycles. The number of sulfone groups is 1. The van der Waals surface area contributed by atoms with Crippen molar-refractivity contribution < 1.29 is 13.2 Å². The molecular formula is C32H36ClNO3S. The molecule has 4 aromatic rings. The fourth-order valence-corrected chi connectivity index (χ4v) is 6.10. The van der Waals surface area contributed by atoms with Crippen LogP contribution in [-0.4, -0.2) is 45.8 Å². The first-order valence-corrected chi connectivity index (χ1v) is 15.0. The van der Waals surface area contributed by atoms with Gasteiger partial charge in [-0.05, 0) is 90.1 Å². The molecule has 0 spiro atoms. The summed E-state index contributed by atoms with van der Waals surface area (Å²) in [4.78, 5) is 2.82. The van der Waals surface area contributed by atoms with Gasteiger partial charge >= 0.3 is 0 Å². The van der Waals surface area contributed by atoms with Crippen molar-refractivity contribution in [2.45, 2.75) is 37.0 Å². The van der Waals surface area contributed by atoms with Gasteiger partial charge in [-0.2, -0.15) is 0 Å². The number of halogens is 1. The Hall–Kier alpha value is -2.86. The van der Waals surface area contributed by atoms with Crippen molar-refractivity contribution in [3.05, 3.63) is 107 Å². The number of rotatable bonds is 8. The van der Waals surface area contributed by atoms with Crippen molar-refractivity contribution in [2.75, 3.05) is 32.5 Å². The number of likely N-dealkylation sites (tertiary alicyclic amines) is 1. The smallest absolute Gasteiger partial charge is 0.175 e. The summed E-state index contributed by atoms with van der Waals surface area (Å²) in [6, 6.07) is 28.6. The van der Waals surface area contributed by atoms with Gasteiger partial charge in [-0.1, -0.05) is 67.1 Å². The van der Waals surface area contributed by atoms with Crippen molar-refractivity contribution >= 4 is 33.0 Å². The van der Waals surface area contributed by atoms with E-state index in [-0.39, 0.29) is 18.3 Å². The van der Waals surface area contributed by atoms with Gasteiger partial charge in [-0.25, -0.2) is 8.42 Å². The van der Waals surface area contributed by atoms with E-state index in [2.05, 4.69) is 72.5 Å². The van der Waals surface area contributed by atoms with Gasteiger partial charge in [0, 0.05) is 18.7 Å². The van der Waals surface area contributed by atoms with Crippen LogP contribution < -0.4 is 4.74 Å². The minimum atomic E-state index is -3.26. The molecule has 0 bridgehead atoms. The SMILES string of the molecule is Cc1cc(OCCN2CCCCC2)ccc1C(c1ccc(S(C)(=O)=O)cc1)c1cccc2ccccc12.Cl. The highest BCUT2D eigenvalue weighted by atomic mass is 35.5. The molecule has 0 aromatic heterocycles. The molecule has 1 heterocycles. The number of fused-ring (bicyclic) bond motifs is 1. The third-order valence-corrected chi connectivity index (χ3v) is 8.58. The summed E-state index contributed by atoms with van der Waals surface area (Å²) in [5.41, 5.74) is 4.60. The van der Waals surface area contributed by atoms with Crippen LogP contribution in [0.5, 0.6) is 5.75 Å². The zero-order valence-corrected chi connectivity index (χ0v) is 23.7. The summed E-state index contributed by atoms with van der Waals surface area (Å²) in [5.74, 6) is 0.851. The molecule has 1 saturated heterocycles. The highest BCUT2D eigenvalue weighted by Gasteiger charge is 2.22. The number of ether oxygens (including phenoxy) is 1. The summed E-state index contributed by atoms with van der Waals surface area (Å²) in [6.45, 7) is 6.14. The minimum absolute atomic E-state index is 0. The Labute approximate surface area is 233 Å². The van der Waals surface area contributed by atoms with Crippen LogP contribution in [0.25, 0.3) is 10.8 Å². The molecule has 0 saturated carbocycles. The Morgan fingerprint density at radius 1 is 0.842 bits per heavy atom. The van der Waals surface area contributed by atoms with E-state index in [9.17, 15) is 8.42 Å². The van der Waals surface area contributed by atoms with Gasteiger partial charge in [0.2, 0.25) is 0 Å². The molecule has 38 heavy (non-hydrogen) atoms. The first kappa shape index (κ1) is 28.2. The molecule has 1 aliphatic rings. The molecule has 1 atom stereocenters. The average molecular weight is 550 g/mol. The molecule has 0 amide bonds. The number of hydrogen-bond donors (Lipinski definition) is 0. The van der Waals surface area contributed by atoms with Gasteiger partial charge in [0.05, 0.1) is 4.90 Å². The van der Waals surface area contributed by atoms with Crippen LogP contribution in [0.3, 0.4) is 0 Å². The predicted octanol–water partition coefficient (Wildman–Crippen LogP) is 7.02. The lowest BCUT2D eigenvalue weighted by Crippen LogP contribution is -2.33. The van der Waals surface area contributed by atoms with Crippen LogP contribution in [0.1, 0.15) is 47.4 Å². The van der Waals surface area contributed by atoms with Crippen molar-refractivity contribution in [3.8, 4) is 5.75 Å². The van der Waals surface area contributed by atoms with Gasteiger partial charge in [-0.15, -0.1) is 12.4 Å². The lowest BCUT2D eigenvalue weighted by Gasteiger charge is -2.26. The van der Waals surface area contributed by atoms with Crippen LogP contribution in [0.4, 0.5) is 0 Å². The van der Waals surface area contributed by atoms with Gasteiger partial charge < -0.3 is 4.74 Å². The summed E-state index contributed by atoms with van der Waals surface area (Å²) in [6.07, 6.45) is 5.16. The summed E-state index contributed by atoms with van der Waals surface area (Å²) in [5, 5.41) is 2.39. The molecule has 0 N–H and O–H groups in total. The first-order valence-electron chi connectivity index (χ1n) is 13.1. The van der Waals surface area contributed by atoms with E-state index in [1.165, 1.54) is 60.5 Å².